The molecule has 2 N–H and O–H groups in total. The lowest BCUT2D eigenvalue weighted by Crippen LogP contribution is -2.42. The Bertz CT molecular complexity index is 1190. The molecule has 0 unspecified atom stereocenters. The van der Waals surface area contributed by atoms with Crippen LogP contribution in [0.4, 0.5) is 10.5 Å². The molecule has 1 atom stereocenters. The molecule has 1 heterocycles. The van der Waals surface area contributed by atoms with E-state index in [1.807, 2.05) is 19.1 Å². The van der Waals surface area contributed by atoms with Gasteiger partial charge in [-0.1, -0.05) is 35.9 Å². The first-order valence-corrected chi connectivity index (χ1v) is 11.3. The monoisotopic (exact) mass is 458 g/mol. The number of rotatable bonds is 6. The number of aryl methyl sites for hydroxylation is 2. The zero-order valence-corrected chi connectivity index (χ0v) is 19.4. The Morgan fingerprint density at radius 3 is 2.31 bits per heavy atom. The topological polar surface area (TPSA) is 116 Å². The molecule has 0 aromatic heterocycles. The Morgan fingerprint density at radius 1 is 1.09 bits per heavy atom. The van der Waals surface area contributed by atoms with Crippen molar-refractivity contribution in [1.82, 2.24) is 14.5 Å². The van der Waals surface area contributed by atoms with Crippen LogP contribution in [0.1, 0.15) is 23.6 Å². The van der Waals surface area contributed by atoms with Crippen LogP contribution in [-0.2, 0) is 25.2 Å². The van der Waals surface area contributed by atoms with E-state index in [0.717, 1.165) is 14.8 Å². The predicted octanol–water partition coefficient (Wildman–Crippen LogP) is 1.96. The zero-order chi connectivity index (χ0) is 23.8. The average molecular weight is 459 g/mol. The number of hydrogen-bond donors (Lipinski definition) is 2. The van der Waals surface area contributed by atoms with Crippen molar-refractivity contribution in [3.8, 4) is 0 Å². The van der Waals surface area contributed by atoms with Gasteiger partial charge in [0.2, 0.25) is 15.9 Å². The van der Waals surface area contributed by atoms with Gasteiger partial charge in [-0.2, -0.15) is 0 Å². The lowest BCUT2D eigenvalue weighted by molar-refractivity contribution is -0.133. The number of carbonyl (C=O) groups excluding carboxylic acids is 3. The maximum absolute atomic E-state index is 13.0. The maximum atomic E-state index is 13.0. The summed E-state index contributed by atoms with van der Waals surface area (Å²) in [5, 5.41) is 5.27. The third kappa shape index (κ3) is 4.23. The minimum atomic E-state index is -3.69. The van der Waals surface area contributed by atoms with Gasteiger partial charge >= 0.3 is 6.03 Å². The Labute approximate surface area is 187 Å². The summed E-state index contributed by atoms with van der Waals surface area (Å²) in [6, 6.07) is 10.9. The van der Waals surface area contributed by atoms with Crippen LogP contribution in [0.25, 0.3) is 0 Å². The summed E-state index contributed by atoms with van der Waals surface area (Å²) in [7, 11) is -0.862. The zero-order valence-electron chi connectivity index (χ0n) is 18.6. The van der Waals surface area contributed by atoms with E-state index < -0.39 is 40.0 Å². The van der Waals surface area contributed by atoms with Gasteiger partial charge in [0, 0.05) is 19.8 Å². The van der Waals surface area contributed by atoms with E-state index in [4.69, 9.17) is 0 Å². The first kappa shape index (κ1) is 23.4. The molecule has 10 heteroatoms. The van der Waals surface area contributed by atoms with E-state index in [1.165, 1.54) is 26.2 Å². The van der Waals surface area contributed by atoms with E-state index in [9.17, 15) is 22.8 Å². The molecule has 1 saturated heterocycles. The number of nitrogens with zero attached hydrogens (tertiary/aromatic N) is 2. The van der Waals surface area contributed by atoms with Gasteiger partial charge in [-0.3, -0.25) is 14.5 Å². The second-order valence-corrected chi connectivity index (χ2v) is 10.3. The average Bonchev–Trinajstić information content (AvgIpc) is 2.93. The number of carbonyl (C=O) groups is 3. The van der Waals surface area contributed by atoms with Crippen molar-refractivity contribution in [2.45, 2.75) is 31.2 Å². The van der Waals surface area contributed by atoms with E-state index in [0.29, 0.717) is 11.1 Å². The fourth-order valence-corrected chi connectivity index (χ4v) is 4.29. The van der Waals surface area contributed by atoms with Crippen LogP contribution in [0.2, 0.25) is 0 Å². The summed E-state index contributed by atoms with van der Waals surface area (Å²) in [6.07, 6.45) is 0. The molecular formula is C22H26N4O5S. The highest BCUT2D eigenvalue weighted by molar-refractivity contribution is 7.89. The summed E-state index contributed by atoms with van der Waals surface area (Å²) in [5.74, 6) is -1.16. The molecule has 0 aliphatic carbocycles. The summed E-state index contributed by atoms with van der Waals surface area (Å²) >= 11 is 0. The van der Waals surface area contributed by atoms with Crippen LogP contribution in [0, 0.1) is 13.8 Å². The number of sulfonamides is 1. The fraction of sp³-hybridized carbons (Fsp3) is 0.318. The Balaban J connectivity index is 1.79. The molecule has 170 valence electrons. The van der Waals surface area contributed by atoms with Gasteiger partial charge in [0.25, 0.3) is 5.91 Å². The van der Waals surface area contributed by atoms with Crippen molar-refractivity contribution in [2.75, 3.05) is 26.0 Å². The highest BCUT2D eigenvalue weighted by Crippen LogP contribution is 2.29. The first-order valence-electron chi connectivity index (χ1n) is 9.90. The number of benzene rings is 2. The van der Waals surface area contributed by atoms with Crippen molar-refractivity contribution < 1.29 is 22.8 Å². The molecule has 2 aromatic carbocycles. The van der Waals surface area contributed by atoms with E-state index in [1.54, 1.807) is 32.0 Å². The third-order valence-corrected chi connectivity index (χ3v) is 7.28. The van der Waals surface area contributed by atoms with Gasteiger partial charge in [-0.05, 0) is 44.0 Å². The molecule has 1 aliphatic heterocycles. The van der Waals surface area contributed by atoms with E-state index in [-0.39, 0.29) is 10.6 Å². The predicted molar refractivity (Wildman–Crippen MR) is 119 cm³/mol. The second kappa shape index (κ2) is 8.36. The highest BCUT2D eigenvalue weighted by atomic mass is 32.2. The van der Waals surface area contributed by atoms with Gasteiger partial charge in [0.05, 0.1) is 4.90 Å². The molecule has 0 spiro atoms. The normalized spacial score (nSPS) is 18.8. The number of hydrogen-bond acceptors (Lipinski definition) is 5. The van der Waals surface area contributed by atoms with Gasteiger partial charge in [0.15, 0.2) is 0 Å². The number of anilines is 1. The number of amides is 4. The minimum Gasteiger partial charge on any atom is -0.324 e. The number of urea groups is 1. The molecule has 4 amide bonds. The Kier molecular flexibility index (Phi) is 6.12. The quantitative estimate of drug-likeness (QED) is 0.642. The standard InChI is InChI=1S/C22H26N4O5S/c1-14-6-9-16(10-7-14)22(3)20(28)26(21(29)24-22)13-19(27)23-18-12-17(11-8-15(18)2)32(30,31)25(4)5/h6-12H,13H2,1-5H3,(H,23,27)(H,24,29)/t22-/m1/s1. The van der Waals surface area contributed by atoms with Crippen molar-refractivity contribution in [1.29, 1.82) is 0 Å². The summed E-state index contributed by atoms with van der Waals surface area (Å²) < 4.78 is 25.8. The molecule has 0 radical (unpaired) electrons. The molecule has 32 heavy (non-hydrogen) atoms. The first-order chi connectivity index (χ1) is 14.9. The van der Waals surface area contributed by atoms with Crippen LogP contribution in [0.5, 0.6) is 0 Å². The molecule has 3 rings (SSSR count). The van der Waals surface area contributed by atoms with Crippen LogP contribution in [0.3, 0.4) is 0 Å². The van der Waals surface area contributed by atoms with Crippen molar-refractivity contribution >= 4 is 33.6 Å². The van der Waals surface area contributed by atoms with Crippen LogP contribution >= 0.6 is 0 Å². The molecule has 9 nitrogen and oxygen atoms in total. The van der Waals surface area contributed by atoms with Crippen LogP contribution < -0.4 is 10.6 Å². The molecular weight excluding hydrogens is 432 g/mol. The van der Waals surface area contributed by atoms with Crippen LogP contribution in [0.15, 0.2) is 47.4 Å². The van der Waals surface area contributed by atoms with Crippen LogP contribution in [-0.4, -0.2) is 56.1 Å². The van der Waals surface area contributed by atoms with Gasteiger partial charge < -0.3 is 10.6 Å². The lowest BCUT2D eigenvalue weighted by atomic mass is 9.91. The molecule has 1 aliphatic rings. The summed E-state index contributed by atoms with van der Waals surface area (Å²) in [5.41, 5.74) is 1.27. The SMILES string of the molecule is Cc1ccc([C@@]2(C)NC(=O)N(CC(=O)Nc3cc(S(=O)(=O)N(C)C)ccc3C)C2=O)cc1. The summed E-state index contributed by atoms with van der Waals surface area (Å²) in [4.78, 5) is 39.0. The molecule has 0 saturated carbocycles. The largest absolute Gasteiger partial charge is 0.325 e. The molecule has 2 aromatic rings. The van der Waals surface area contributed by atoms with Gasteiger partial charge in [0.1, 0.15) is 12.1 Å². The Hall–Kier alpha value is -3.24. The molecule has 1 fully saturated rings. The van der Waals surface area contributed by atoms with Gasteiger partial charge in [-0.25, -0.2) is 17.5 Å². The maximum Gasteiger partial charge on any atom is 0.325 e. The van der Waals surface area contributed by atoms with Crippen molar-refractivity contribution in [3.05, 3.63) is 59.2 Å². The van der Waals surface area contributed by atoms with Gasteiger partial charge in [-0.15, -0.1) is 0 Å². The van der Waals surface area contributed by atoms with E-state index >= 15 is 0 Å². The van der Waals surface area contributed by atoms with E-state index in [2.05, 4.69) is 10.6 Å². The fourth-order valence-electron chi connectivity index (χ4n) is 3.36. The summed E-state index contributed by atoms with van der Waals surface area (Å²) in [6.45, 7) is 4.72. The van der Waals surface area contributed by atoms with Crippen molar-refractivity contribution in [3.63, 3.8) is 0 Å². The second-order valence-electron chi connectivity index (χ2n) is 8.12. The number of imide groups is 1. The Morgan fingerprint density at radius 2 is 1.72 bits per heavy atom. The van der Waals surface area contributed by atoms with Crippen molar-refractivity contribution in [2.24, 2.45) is 0 Å². The smallest absolute Gasteiger partial charge is 0.324 e. The third-order valence-electron chi connectivity index (χ3n) is 5.47. The molecule has 0 bridgehead atoms. The minimum absolute atomic E-state index is 0.0188. The highest BCUT2D eigenvalue weighted by Gasteiger charge is 2.49. The number of nitrogens with one attached hydrogen (secondary N) is 2. The lowest BCUT2D eigenvalue weighted by Gasteiger charge is -2.22.